The minimum absolute atomic E-state index is 0. The highest BCUT2D eigenvalue weighted by Crippen LogP contribution is 2.25. The fraction of sp³-hybridized carbons (Fsp3) is 0.588. The van der Waals surface area contributed by atoms with Gasteiger partial charge in [0.25, 0.3) is 5.56 Å². The first kappa shape index (κ1) is 23.0. The maximum Gasteiger partial charge on any atom is 0.277 e. The second-order valence-corrected chi connectivity index (χ2v) is 7.38. The lowest BCUT2D eigenvalue weighted by Gasteiger charge is -2.31. The number of halogens is 2. The van der Waals surface area contributed by atoms with Crippen molar-refractivity contribution in [2.24, 2.45) is 7.05 Å². The fourth-order valence-electron chi connectivity index (χ4n) is 3.26. The number of nitrogens with one attached hydrogen (secondary N) is 1. The van der Waals surface area contributed by atoms with Crippen molar-refractivity contribution in [2.75, 3.05) is 20.1 Å². The highest BCUT2D eigenvalue weighted by molar-refractivity contribution is 7.13. The molecule has 1 aliphatic rings. The molecular formula is C17H27Cl2N5OS. The van der Waals surface area contributed by atoms with E-state index in [1.807, 2.05) is 20.9 Å². The zero-order valence-electron chi connectivity index (χ0n) is 15.6. The molecular weight excluding hydrogens is 393 g/mol. The van der Waals surface area contributed by atoms with Gasteiger partial charge < -0.3 is 5.32 Å². The number of rotatable bonds is 4. The van der Waals surface area contributed by atoms with Crippen molar-refractivity contribution in [3.8, 4) is 10.6 Å². The lowest BCUT2D eigenvalue weighted by atomic mass is 10.1. The van der Waals surface area contributed by atoms with E-state index in [1.54, 1.807) is 18.4 Å². The fourth-order valence-corrected chi connectivity index (χ4v) is 4.16. The number of aryl methyl sites for hydroxylation is 2. The third-order valence-electron chi connectivity index (χ3n) is 4.79. The van der Waals surface area contributed by atoms with E-state index < -0.39 is 0 Å². The number of piperidine rings is 1. The molecule has 0 amide bonds. The Kier molecular flexibility index (Phi) is 8.69. The van der Waals surface area contributed by atoms with Gasteiger partial charge in [0, 0.05) is 31.6 Å². The second-order valence-electron chi connectivity index (χ2n) is 6.52. The first-order chi connectivity index (χ1) is 11.5. The smallest absolute Gasteiger partial charge is 0.277 e. The third-order valence-corrected chi connectivity index (χ3v) is 5.70. The van der Waals surface area contributed by atoms with Crippen LogP contribution in [0.1, 0.15) is 29.8 Å². The molecule has 3 heterocycles. The molecule has 1 atom stereocenters. The summed E-state index contributed by atoms with van der Waals surface area (Å²) >= 11 is 1.55. The Labute approximate surface area is 170 Å². The molecule has 0 saturated carbocycles. The zero-order chi connectivity index (χ0) is 17.3. The predicted octanol–water partition coefficient (Wildman–Crippen LogP) is 2.55. The van der Waals surface area contributed by atoms with E-state index in [0.717, 1.165) is 41.6 Å². The monoisotopic (exact) mass is 419 g/mol. The van der Waals surface area contributed by atoms with E-state index in [-0.39, 0.29) is 30.4 Å². The van der Waals surface area contributed by atoms with Gasteiger partial charge in [0.1, 0.15) is 5.01 Å². The van der Waals surface area contributed by atoms with E-state index >= 15 is 0 Å². The van der Waals surface area contributed by atoms with Crippen LogP contribution in [0, 0.1) is 13.8 Å². The normalized spacial score (nSPS) is 17.5. The molecule has 1 fully saturated rings. The Morgan fingerprint density at radius 2 is 2.08 bits per heavy atom. The van der Waals surface area contributed by atoms with E-state index in [2.05, 4.69) is 20.7 Å². The van der Waals surface area contributed by atoms with Gasteiger partial charge in [-0.1, -0.05) is 0 Å². The van der Waals surface area contributed by atoms with Crippen molar-refractivity contribution in [3.05, 3.63) is 32.7 Å². The van der Waals surface area contributed by atoms with Gasteiger partial charge in [-0.15, -0.1) is 36.2 Å². The van der Waals surface area contributed by atoms with Crippen LogP contribution >= 0.6 is 36.2 Å². The average Bonchev–Trinajstić information content (AvgIpc) is 3.01. The first-order valence-corrected chi connectivity index (χ1v) is 9.26. The maximum absolute atomic E-state index is 12.5. The predicted molar refractivity (Wildman–Crippen MR) is 112 cm³/mol. The molecule has 6 nitrogen and oxygen atoms in total. The van der Waals surface area contributed by atoms with Crippen LogP contribution < -0.4 is 10.9 Å². The van der Waals surface area contributed by atoms with Crippen molar-refractivity contribution < 1.29 is 0 Å². The molecule has 146 valence electrons. The van der Waals surface area contributed by atoms with Crippen LogP contribution in [0.15, 0.2) is 10.2 Å². The van der Waals surface area contributed by atoms with Crippen LogP contribution in [0.3, 0.4) is 0 Å². The molecule has 0 radical (unpaired) electrons. The van der Waals surface area contributed by atoms with Crippen molar-refractivity contribution in [1.29, 1.82) is 0 Å². The summed E-state index contributed by atoms with van der Waals surface area (Å²) in [6, 6.07) is 0.564. The summed E-state index contributed by atoms with van der Waals surface area (Å²) in [5, 5.41) is 10.5. The quantitative estimate of drug-likeness (QED) is 0.824. The van der Waals surface area contributed by atoms with Gasteiger partial charge in [0.2, 0.25) is 0 Å². The Balaban J connectivity index is 0.00000169. The van der Waals surface area contributed by atoms with Crippen molar-refractivity contribution >= 4 is 36.2 Å². The number of likely N-dealkylation sites (N-methyl/N-ethyl adjacent to an activating group) is 1. The minimum Gasteiger partial charge on any atom is -0.316 e. The molecule has 26 heavy (non-hydrogen) atoms. The van der Waals surface area contributed by atoms with Crippen molar-refractivity contribution in [2.45, 2.75) is 39.3 Å². The molecule has 0 bridgehead atoms. The van der Waals surface area contributed by atoms with Crippen LogP contribution in [0.5, 0.6) is 0 Å². The summed E-state index contributed by atoms with van der Waals surface area (Å²) in [6.07, 6.45) is 2.45. The lowest BCUT2D eigenvalue weighted by molar-refractivity contribution is 0.186. The summed E-state index contributed by atoms with van der Waals surface area (Å²) in [5.41, 5.74) is 3.45. The maximum atomic E-state index is 12.5. The Hall–Kier alpha value is -0.990. The number of aromatic nitrogens is 3. The number of likely N-dealkylation sites (tertiary alicyclic amines) is 1. The van der Waals surface area contributed by atoms with Crippen LogP contribution in [-0.4, -0.2) is 45.8 Å². The van der Waals surface area contributed by atoms with Crippen LogP contribution in [-0.2, 0) is 13.6 Å². The Morgan fingerprint density at radius 1 is 1.35 bits per heavy atom. The van der Waals surface area contributed by atoms with Crippen LogP contribution in [0.2, 0.25) is 0 Å². The summed E-state index contributed by atoms with van der Waals surface area (Å²) in [7, 11) is 3.72. The average molecular weight is 420 g/mol. The van der Waals surface area contributed by atoms with Gasteiger partial charge in [-0.2, -0.15) is 5.10 Å². The molecule has 3 rings (SSSR count). The molecule has 0 spiro atoms. The molecule has 0 aliphatic carbocycles. The second kappa shape index (κ2) is 9.80. The van der Waals surface area contributed by atoms with Crippen LogP contribution in [0.4, 0.5) is 0 Å². The summed E-state index contributed by atoms with van der Waals surface area (Å²) in [6.45, 7) is 6.89. The SMILES string of the molecule is CNC1CCCN(Cc2csc(-c3c(C)c(C)nn(C)c3=O)n2)C1.Cl.Cl. The largest absolute Gasteiger partial charge is 0.316 e. The standard InChI is InChI=1S/C17H25N5OS.2ClH/c1-11-12(2)20-21(4)17(23)15(11)16-19-14(10-24-16)9-22-7-5-6-13(8-22)18-3;;/h10,13,18H,5-9H2,1-4H3;2*1H. The Bertz CT molecular complexity index is 792. The number of hydrogen-bond donors (Lipinski definition) is 1. The van der Waals surface area contributed by atoms with Gasteiger partial charge in [-0.05, 0) is 45.8 Å². The molecule has 1 N–H and O–H groups in total. The van der Waals surface area contributed by atoms with E-state index in [9.17, 15) is 4.79 Å². The summed E-state index contributed by atoms with van der Waals surface area (Å²) < 4.78 is 1.40. The minimum atomic E-state index is -0.0766. The van der Waals surface area contributed by atoms with Gasteiger partial charge in [-0.3, -0.25) is 9.69 Å². The van der Waals surface area contributed by atoms with E-state index in [4.69, 9.17) is 4.98 Å². The number of nitrogens with zero attached hydrogens (tertiary/aromatic N) is 4. The van der Waals surface area contributed by atoms with Crippen molar-refractivity contribution in [1.82, 2.24) is 25.0 Å². The molecule has 2 aromatic rings. The molecule has 2 aromatic heterocycles. The van der Waals surface area contributed by atoms with Crippen LogP contribution in [0.25, 0.3) is 10.6 Å². The lowest BCUT2D eigenvalue weighted by Crippen LogP contribution is -2.43. The van der Waals surface area contributed by atoms with Gasteiger partial charge in [-0.25, -0.2) is 9.67 Å². The zero-order valence-corrected chi connectivity index (χ0v) is 18.1. The molecule has 1 aliphatic heterocycles. The number of thiazole rings is 1. The first-order valence-electron chi connectivity index (χ1n) is 8.38. The Morgan fingerprint density at radius 3 is 2.77 bits per heavy atom. The van der Waals surface area contributed by atoms with Gasteiger partial charge >= 0.3 is 0 Å². The highest BCUT2D eigenvalue weighted by atomic mass is 35.5. The topological polar surface area (TPSA) is 63.1 Å². The summed E-state index contributed by atoms with van der Waals surface area (Å²) in [4.78, 5) is 19.7. The van der Waals surface area contributed by atoms with Crippen molar-refractivity contribution in [3.63, 3.8) is 0 Å². The van der Waals surface area contributed by atoms with Gasteiger partial charge in [0.05, 0.1) is 17.0 Å². The van der Waals surface area contributed by atoms with E-state index in [0.29, 0.717) is 11.6 Å². The molecule has 0 aromatic carbocycles. The molecule has 1 unspecified atom stereocenters. The summed E-state index contributed by atoms with van der Waals surface area (Å²) in [5.74, 6) is 0. The van der Waals surface area contributed by atoms with Gasteiger partial charge in [0.15, 0.2) is 0 Å². The molecule has 1 saturated heterocycles. The number of hydrogen-bond acceptors (Lipinski definition) is 6. The third kappa shape index (κ3) is 4.84. The van der Waals surface area contributed by atoms with E-state index in [1.165, 1.54) is 17.5 Å². The molecule has 9 heteroatoms. The highest BCUT2D eigenvalue weighted by Gasteiger charge is 2.20.